The summed E-state index contributed by atoms with van der Waals surface area (Å²) in [5.74, 6) is -1.16. The first kappa shape index (κ1) is 20.0. The third-order valence-electron chi connectivity index (χ3n) is 7.51. The molecule has 2 aliphatic rings. The van der Waals surface area contributed by atoms with E-state index in [0.717, 1.165) is 27.1 Å². The number of aromatic amines is 1. The summed E-state index contributed by atoms with van der Waals surface area (Å²) in [6.45, 7) is 6.12. The highest BCUT2D eigenvalue weighted by molar-refractivity contribution is 5.84. The van der Waals surface area contributed by atoms with Crippen molar-refractivity contribution in [2.75, 3.05) is 6.54 Å². The second-order valence-electron chi connectivity index (χ2n) is 9.22. The molecule has 9 heteroatoms. The van der Waals surface area contributed by atoms with Gasteiger partial charge in [0.25, 0.3) is 0 Å². The van der Waals surface area contributed by atoms with Crippen LogP contribution in [0.3, 0.4) is 0 Å². The number of hydrogen-bond acceptors (Lipinski definition) is 4. The first-order valence-electron chi connectivity index (χ1n) is 10.2. The Bertz CT molecular complexity index is 1190. The van der Waals surface area contributed by atoms with Gasteiger partial charge < -0.3 is 9.88 Å². The topological polar surface area (TPSA) is 74.8 Å². The van der Waals surface area contributed by atoms with Crippen molar-refractivity contribution in [1.82, 2.24) is 24.8 Å². The third kappa shape index (κ3) is 2.78. The number of imidazole rings is 1. The van der Waals surface area contributed by atoms with Crippen LogP contribution >= 0.6 is 0 Å². The molecule has 2 bridgehead atoms. The molecule has 162 valence electrons. The van der Waals surface area contributed by atoms with E-state index in [1.165, 1.54) is 0 Å². The fourth-order valence-electron chi connectivity index (χ4n) is 5.37. The first-order chi connectivity index (χ1) is 14.5. The van der Waals surface area contributed by atoms with Crippen LogP contribution in [0.25, 0.3) is 22.6 Å². The Kier molecular flexibility index (Phi) is 4.04. The van der Waals surface area contributed by atoms with E-state index in [1.807, 2.05) is 26.0 Å². The summed E-state index contributed by atoms with van der Waals surface area (Å²) in [4.78, 5) is 29.5. The van der Waals surface area contributed by atoms with Crippen LogP contribution in [0.1, 0.15) is 38.3 Å². The van der Waals surface area contributed by atoms with E-state index in [0.29, 0.717) is 24.4 Å². The minimum Gasteiger partial charge on any atom is -0.337 e. The van der Waals surface area contributed by atoms with Crippen molar-refractivity contribution in [1.29, 1.82) is 0 Å². The van der Waals surface area contributed by atoms with Crippen LogP contribution in [-0.2, 0) is 16.6 Å². The number of alkyl halides is 3. The zero-order valence-corrected chi connectivity index (χ0v) is 17.4. The van der Waals surface area contributed by atoms with Crippen molar-refractivity contribution in [3.8, 4) is 11.5 Å². The maximum Gasteiger partial charge on any atom is 0.471 e. The number of piperidine rings is 1. The Labute approximate surface area is 176 Å². The van der Waals surface area contributed by atoms with Crippen molar-refractivity contribution in [3.63, 3.8) is 0 Å². The predicted molar refractivity (Wildman–Crippen MR) is 108 cm³/mol. The smallest absolute Gasteiger partial charge is 0.337 e. The molecular weight excluding hydrogens is 407 g/mol. The number of nitrogens with one attached hydrogen (secondary N) is 1. The monoisotopic (exact) mass is 429 g/mol. The molecule has 3 aromatic rings. The maximum absolute atomic E-state index is 13.3. The van der Waals surface area contributed by atoms with Gasteiger partial charge in [0.05, 0.1) is 17.2 Å². The lowest BCUT2D eigenvalue weighted by atomic mass is 9.51. The average molecular weight is 429 g/mol. The molecule has 3 heterocycles. The number of hydrogen-bond donors (Lipinski definition) is 1. The number of benzene rings is 1. The van der Waals surface area contributed by atoms with Gasteiger partial charge in [-0.3, -0.25) is 9.78 Å². The molecular formula is C22H22F3N5O. The lowest BCUT2D eigenvalue weighted by Gasteiger charge is -2.60. The number of rotatable bonds is 1. The molecule has 2 aromatic heterocycles. The van der Waals surface area contributed by atoms with Crippen LogP contribution in [-0.4, -0.2) is 49.5 Å². The van der Waals surface area contributed by atoms with Crippen LogP contribution in [0.15, 0.2) is 30.7 Å². The van der Waals surface area contributed by atoms with E-state index in [2.05, 4.69) is 26.9 Å². The summed E-state index contributed by atoms with van der Waals surface area (Å²) in [6.07, 6.45) is 0.751. The van der Waals surface area contributed by atoms with E-state index < -0.39 is 23.5 Å². The number of aromatic nitrogens is 4. The van der Waals surface area contributed by atoms with Gasteiger partial charge >= 0.3 is 12.1 Å². The lowest BCUT2D eigenvalue weighted by molar-refractivity contribution is -0.195. The average Bonchev–Trinajstić information content (AvgIpc) is 3.12. The van der Waals surface area contributed by atoms with Gasteiger partial charge in [0.1, 0.15) is 5.69 Å². The molecule has 1 fully saturated rings. The Morgan fingerprint density at radius 3 is 2.68 bits per heavy atom. The summed E-state index contributed by atoms with van der Waals surface area (Å²) in [5, 5.41) is 0. The van der Waals surface area contributed by atoms with Gasteiger partial charge in [0.15, 0.2) is 5.82 Å². The molecule has 0 saturated carbocycles. The van der Waals surface area contributed by atoms with Gasteiger partial charge in [-0.25, -0.2) is 9.97 Å². The Balaban J connectivity index is 1.63. The van der Waals surface area contributed by atoms with Crippen molar-refractivity contribution < 1.29 is 18.0 Å². The van der Waals surface area contributed by atoms with Crippen LogP contribution in [0.2, 0.25) is 0 Å². The fourth-order valence-corrected chi connectivity index (χ4v) is 5.37. The molecule has 1 N–H and O–H groups in total. The zero-order chi connectivity index (χ0) is 22.2. The molecule has 1 aliphatic carbocycles. The molecule has 1 aliphatic heterocycles. The normalized spacial score (nSPS) is 24.8. The molecule has 0 spiro atoms. The van der Waals surface area contributed by atoms with Crippen molar-refractivity contribution in [2.24, 2.45) is 5.41 Å². The molecule has 5 rings (SSSR count). The SMILES string of the molecule is CC1(C)[C@H]2Cc3cc4[nH]c(-c5cnccn5)nc4cc3[C@]1(C)CCN2C(=O)C(F)(F)F. The van der Waals surface area contributed by atoms with Crippen molar-refractivity contribution >= 4 is 16.9 Å². The van der Waals surface area contributed by atoms with Gasteiger partial charge in [0, 0.05) is 30.4 Å². The fraction of sp³-hybridized carbons (Fsp3) is 0.455. The number of carbonyl (C=O) groups is 1. The third-order valence-corrected chi connectivity index (χ3v) is 7.51. The van der Waals surface area contributed by atoms with Gasteiger partial charge in [-0.1, -0.05) is 20.8 Å². The first-order valence-corrected chi connectivity index (χ1v) is 10.2. The van der Waals surface area contributed by atoms with Crippen LogP contribution in [0.4, 0.5) is 13.2 Å². The summed E-state index contributed by atoms with van der Waals surface area (Å²) >= 11 is 0. The van der Waals surface area contributed by atoms with E-state index in [4.69, 9.17) is 0 Å². The van der Waals surface area contributed by atoms with E-state index >= 15 is 0 Å². The van der Waals surface area contributed by atoms with Gasteiger partial charge in [-0.05, 0) is 41.5 Å². The second-order valence-corrected chi connectivity index (χ2v) is 9.22. The van der Waals surface area contributed by atoms with Crippen LogP contribution < -0.4 is 0 Å². The van der Waals surface area contributed by atoms with Crippen molar-refractivity contribution in [2.45, 2.75) is 51.2 Å². The lowest BCUT2D eigenvalue weighted by Crippen LogP contribution is -2.66. The summed E-state index contributed by atoms with van der Waals surface area (Å²) in [6, 6.07) is 3.47. The second kappa shape index (κ2) is 6.27. The molecule has 1 saturated heterocycles. The number of halogens is 3. The highest BCUT2D eigenvalue weighted by Crippen LogP contribution is 2.56. The Hall–Kier alpha value is -2.97. The summed E-state index contributed by atoms with van der Waals surface area (Å²) in [7, 11) is 0. The highest BCUT2D eigenvalue weighted by atomic mass is 19.4. The largest absolute Gasteiger partial charge is 0.471 e. The predicted octanol–water partition coefficient (Wildman–Crippen LogP) is 4.02. The van der Waals surface area contributed by atoms with E-state index in [-0.39, 0.29) is 12.0 Å². The zero-order valence-electron chi connectivity index (χ0n) is 17.4. The van der Waals surface area contributed by atoms with E-state index in [9.17, 15) is 18.0 Å². The number of amides is 1. The number of likely N-dealkylation sites (tertiary alicyclic amines) is 1. The molecule has 2 atom stereocenters. The van der Waals surface area contributed by atoms with E-state index in [1.54, 1.807) is 18.6 Å². The van der Waals surface area contributed by atoms with Gasteiger partial charge in [0.2, 0.25) is 0 Å². The standard InChI is InChI=1S/C22H22F3N5O/c1-20(2)17-9-12-8-14-15(29-18(28-14)16-11-26-5-6-27-16)10-13(12)21(20,3)4-7-30(17)19(31)22(23,24)25/h5-6,8,10-11,17H,4,7,9H2,1-3H3,(H,28,29)/t17-,21+/m1/s1. The molecule has 0 unspecified atom stereocenters. The number of fused-ring (bicyclic) bond motifs is 5. The number of carbonyl (C=O) groups excluding carboxylic acids is 1. The minimum absolute atomic E-state index is 0.0891. The van der Waals surface area contributed by atoms with Crippen LogP contribution in [0, 0.1) is 5.41 Å². The van der Waals surface area contributed by atoms with Crippen LogP contribution in [0.5, 0.6) is 0 Å². The molecule has 1 amide bonds. The molecule has 31 heavy (non-hydrogen) atoms. The summed E-state index contributed by atoms with van der Waals surface area (Å²) < 4.78 is 39.8. The van der Waals surface area contributed by atoms with Gasteiger partial charge in [-0.2, -0.15) is 13.2 Å². The highest BCUT2D eigenvalue weighted by Gasteiger charge is 2.59. The number of H-pyrrole nitrogens is 1. The molecule has 1 aromatic carbocycles. The van der Waals surface area contributed by atoms with Gasteiger partial charge in [-0.15, -0.1) is 0 Å². The molecule has 6 nitrogen and oxygen atoms in total. The number of nitrogens with zero attached hydrogens (tertiary/aromatic N) is 4. The Morgan fingerprint density at radius 1 is 1.23 bits per heavy atom. The Morgan fingerprint density at radius 2 is 2.00 bits per heavy atom. The minimum atomic E-state index is -4.87. The maximum atomic E-state index is 13.3. The quantitative estimate of drug-likeness (QED) is 0.634. The van der Waals surface area contributed by atoms with Crippen molar-refractivity contribution in [3.05, 3.63) is 41.9 Å². The summed E-state index contributed by atoms with van der Waals surface area (Å²) in [5.41, 5.74) is 3.32. The molecule has 0 radical (unpaired) electrons.